The zero-order valence-corrected chi connectivity index (χ0v) is 19.0. The van der Waals surface area contributed by atoms with E-state index in [-0.39, 0.29) is 5.82 Å². The number of anilines is 1. The summed E-state index contributed by atoms with van der Waals surface area (Å²) in [5, 5.41) is 4.11. The van der Waals surface area contributed by atoms with Gasteiger partial charge < -0.3 is 15.0 Å². The second kappa shape index (κ2) is 10.8. The molecule has 1 saturated heterocycles. The van der Waals surface area contributed by atoms with Crippen molar-refractivity contribution in [2.24, 2.45) is 0 Å². The van der Waals surface area contributed by atoms with Crippen LogP contribution in [0.2, 0.25) is 0 Å². The van der Waals surface area contributed by atoms with Crippen molar-refractivity contribution in [3.05, 3.63) is 65.0 Å². The van der Waals surface area contributed by atoms with E-state index >= 15 is 0 Å². The number of nitrogens with zero attached hydrogens (tertiary/aromatic N) is 2. The molecule has 1 fully saturated rings. The number of benzene rings is 2. The molecule has 1 heterocycles. The lowest BCUT2D eigenvalue weighted by Gasteiger charge is -2.32. The molecule has 162 valence electrons. The van der Waals surface area contributed by atoms with Crippen molar-refractivity contribution < 1.29 is 9.13 Å². The smallest absolute Gasteiger partial charge is 0.173 e. The van der Waals surface area contributed by atoms with E-state index in [1.54, 1.807) is 6.07 Å². The number of halogens is 1. The summed E-state index contributed by atoms with van der Waals surface area (Å²) in [6, 6.07) is 13.2. The number of thiocarbonyl (C=S) groups is 1. The third kappa shape index (κ3) is 6.00. The molecule has 1 N–H and O–H groups in total. The van der Waals surface area contributed by atoms with Gasteiger partial charge in [0, 0.05) is 44.0 Å². The van der Waals surface area contributed by atoms with Gasteiger partial charge in [-0.2, -0.15) is 0 Å². The number of ether oxygens (including phenoxy) is 1. The summed E-state index contributed by atoms with van der Waals surface area (Å²) in [6.45, 7) is 11.8. The molecule has 0 spiro atoms. The summed E-state index contributed by atoms with van der Waals surface area (Å²) < 4.78 is 19.8. The van der Waals surface area contributed by atoms with Crippen LogP contribution in [0.15, 0.2) is 42.5 Å². The van der Waals surface area contributed by atoms with Crippen LogP contribution in [0.5, 0.6) is 0 Å². The highest BCUT2D eigenvalue weighted by Gasteiger charge is 2.18. The van der Waals surface area contributed by atoms with Crippen molar-refractivity contribution in [3.63, 3.8) is 0 Å². The van der Waals surface area contributed by atoms with E-state index in [2.05, 4.69) is 54.1 Å². The lowest BCUT2D eigenvalue weighted by molar-refractivity contribution is 0.0358. The van der Waals surface area contributed by atoms with Gasteiger partial charge in [0.15, 0.2) is 5.11 Å². The fourth-order valence-corrected chi connectivity index (χ4v) is 3.96. The predicted octanol–water partition coefficient (Wildman–Crippen LogP) is 4.79. The summed E-state index contributed by atoms with van der Waals surface area (Å²) in [7, 11) is 0. The topological polar surface area (TPSA) is 27.7 Å². The molecule has 1 aliphatic rings. The van der Waals surface area contributed by atoms with E-state index < -0.39 is 0 Å². The lowest BCUT2D eigenvalue weighted by Crippen LogP contribution is -2.44. The van der Waals surface area contributed by atoms with Crippen LogP contribution in [0, 0.1) is 12.7 Å². The molecule has 1 aliphatic heterocycles. The Morgan fingerprint density at radius 3 is 2.60 bits per heavy atom. The summed E-state index contributed by atoms with van der Waals surface area (Å²) in [5.74, 6) is 0.180. The number of hydrogen-bond donors (Lipinski definition) is 1. The summed E-state index contributed by atoms with van der Waals surface area (Å²) in [6.07, 6.45) is 0. The van der Waals surface area contributed by atoms with Gasteiger partial charge in [0.05, 0.1) is 13.2 Å². The Balaban J connectivity index is 1.78. The first-order valence-corrected chi connectivity index (χ1v) is 11.1. The molecule has 0 aromatic heterocycles. The molecule has 0 atom stereocenters. The maximum atomic E-state index is 14.4. The molecule has 0 saturated carbocycles. The quantitative estimate of drug-likeness (QED) is 0.639. The van der Waals surface area contributed by atoms with E-state index in [1.807, 2.05) is 12.1 Å². The van der Waals surface area contributed by atoms with Gasteiger partial charge >= 0.3 is 0 Å². The molecule has 30 heavy (non-hydrogen) atoms. The first-order valence-electron chi connectivity index (χ1n) is 10.6. The summed E-state index contributed by atoms with van der Waals surface area (Å²) >= 11 is 5.82. The lowest BCUT2D eigenvalue weighted by atomic mass is 9.98. The van der Waals surface area contributed by atoms with Gasteiger partial charge in [-0.3, -0.25) is 4.90 Å². The third-order valence-corrected chi connectivity index (χ3v) is 5.92. The minimum Gasteiger partial charge on any atom is -0.379 e. The van der Waals surface area contributed by atoms with Gasteiger partial charge in [-0.1, -0.05) is 50.2 Å². The van der Waals surface area contributed by atoms with Crippen LogP contribution in [0.4, 0.5) is 10.1 Å². The Labute approximate surface area is 185 Å². The summed E-state index contributed by atoms with van der Waals surface area (Å²) in [4.78, 5) is 4.44. The largest absolute Gasteiger partial charge is 0.379 e. The van der Waals surface area contributed by atoms with Crippen LogP contribution in [0.3, 0.4) is 0 Å². The van der Waals surface area contributed by atoms with Gasteiger partial charge in [0.1, 0.15) is 5.82 Å². The molecule has 0 radical (unpaired) electrons. The Kier molecular flexibility index (Phi) is 8.19. The van der Waals surface area contributed by atoms with Crippen LogP contribution in [0.25, 0.3) is 0 Å². The highest BCUT2D eigenvalue weighted by atomic mass is 32.1. The minimum atomic E-state index is -0.199. The van der Waals surface area contributed by atoms with Crippen molar-refractivity contribution in [1.29, 1.82) is 0 Å². The average Bonchev–Trinajstić information content (AvgIpc) is 2.74. The molecular weight excluding hydrogens is 397 g/mol. The normalized spacial score (nSPS) is 14.7. The van der Waals surface area contributed by atoms with E-state index in [4.69, 9.17) is 17.0 Å². The minimum absolute atomic E-state index is 0.199. The number of aryl methyl sites for hydroxylation is 1. The van der Waals surface area contributed by atoms with Crippen LogP contribution >= 0.6 is 12.2 Å². The number of para-hydroxylation sites is 1. The maximum absolute atomic E-state index is 14.4. The molecule has 0 unspecified atom stereocenters. The van der Waals surface area contributed by atoms with Crippen LogP contribution < -0.4 is 5.32 Å². The van der Waals surface area contributed by atoms with E-state index in [0.29, 0.717) is 23.1 Å². The average molecular weight is 430 g/mol. The number of morpholine rings is 1. The molecule has 3 rings (SSSR count). The number of rotatable bonds is 7. The molecule has 6 heteroatoms. The summed E-state index contributed by atoms with van der Waals surface area (Å²) in [5.41, 5.74) is 4.10. The first kappa shape index (κ1) is 22.7. The van der Waals surface area contributed by atoms with Crippen molar-refractivity contribution in [3.8, 4) is 0 Å². The Hall–Kier alpha value is -2.02. The standard InChI is InChI=1S/C24H32FN3OS/c1-18(2)21-9-6-7-19(3)23(21)26-24(30)28(12-11-27-13-15-29-16-14-27)17-20-8-4-5-10-22(20)25/h4-10,18H,11-17H2,1-3H3,(H,26,30). The Morgan fingerprint density at radius 1 is 1.17 bits per heavy atom. The maximum Gasteiger partial charge on any atom is 0.173 e. The molecule has 2 aromatic carbocycles. The fourth-order valence-electron chi connectivity index (χ4n) is 3.70. The van der Waals surface area contributed by atoms with E-state index in [1.165, 1.54) is 11.6 Å². The molecule has 2 aromatic rings. The zero-order valence-electron chi connectivity index (χ0n) is 18.2. The molecule has 0 aliphatic carbocycles. The first-order chi connectivity index (χ1) is 14.5. The Morgan fingerprint density at radius 2 is 1.90 bits per heavy atom. The van der Waals surface area contributed by atoms with Crippen LogP contribution in [0.1, 0.15) is 36.5 Å². The molecular formula is C24H32FN3OS. The van der Waals surface area contributed by atoms with Crippen LogP contribution in [-0.2, 0) is 11.3 Å². The molecule has 0 bridgehead atoms. The monoisotopic (exact) mass is 429 g/mol. The van der Waals surface area contributed by atoms with Gasteiger partial charge in [-0.25, -0.2) is 4.39 Å². The molecule has 4 nitrogen and oxygen atoms in total. The van der Waals surface area contributed by atoms with Gasteiger partial charge in [0.2, 0.25) is 0 Å². The van der Waals surface area contributed by atoms with Gasteiger partial charge in [0.25, 0.3) is 0 Å². The van der Waals surface area contributed by atoms with Gasteiger partial charge in [-0.05, 0) is 42.3 Å². The third-order valence-electron chi connectivity index (χ3n) is 5.56. The highest BCUT2D eigenvalue weighted by molar-refractivity contribution is 7.80. The number of hydrogen-bond acceptors (Lipinski definition) is 3. The second-order valence-corrected chi connectivity index (χ2v) is 8.48. The SMILES string of the molecule is Cc1cccc(C(C)C)c1NC(=S)N(CCN1CCOCC1)Cc1ccccc1F. The van der Waals surface area contributed by atoms with E-state index in [9.17, 15) is 4.39 Å². The van der Waals surface area contributed by atoms with Crippen molar-refractivity contribution >= 4 is 23.0 Å². The van der Waals surface area contributed by atoms with Crippen molar-refractivity contribution in [2.75, 3.05) is 44.7 Å². The van der Waals surface area contributed by atoms with Crippen LogP contribution in [-0.4, -0.2) is 54.3 Å². The number of nitrogens with one attached hydrogen (secondary N) is 1. The van der Waals surface area contributed by atoms with E-state index in [0.717, 1.165) is 50.6 Å². The van der Waals surface area contributed by atoms with Crippen molar-refractivity contribution in [1.82, 2.24) is 9.80 Å². The molecule has 0 amide bonds. The highest BCUT2D eigenvalue weighted by Crippen LogP contribution is 2.28. The zero-order chi connectivity index (χ0) is 21.5. The second-order valence-electron chi connectivity index (χ2n) is 8.09. The predicted molar refractivity (Wildman–Crippen MR) is 126 cm³/mol. The Bertz CT molecular complexity index is 852. The van der Waals surface area contributed by atoms with Gasteiger partial charge in [-0.15, -0.1) is 0 Å². The fraction of sp³-hybridized carbons (Fsp3) is 0.458. The van der Waals surface area contributed by atoms with Crippen molar-refractivity contribution in [2.45, 2.75) is 33.2 Å².